The third-order valence-corrected chi connectivity index (χ3v) is 6.81. The summed E-state index contributed by atoms with van der Waals surface area (Å²) in [6.07, 6.45) is 20.2. The first-order chi connectivity index (χ1) is 17.4. The predicted octanol–water partition coefficient (Wildman–Crippen LogP) is 4.68. The van der Waals surface area contributed by atoms with Crippen molar-refractivity contribution in [2.24, 2.45) is 5.73 Å². The van der Waals surface area contributed by atoms with Crippen LogP contribution in [0.5, 0.6) is 0 Å². The smallest absolute Gasteiger partial charge is 0.303 e. The van der Waals surface area contributed by atoms with Crippen LogP contribution >= 0.6 is 12.6 Å². The normalized spacial score (nSPS) is 12.8. The van der Waals surface area contributed by atoms with E-state index < -0.39 is 24.1 Å². The zero-order valence-electron chi connectivity index (χ0n) is 22.4. The number of aliphatic carboxylic acids is 1. The average Bonchev–Trinajstić information content (AvgIpc) is 2.84. The summed E-state index contributed by atoms with van der Waals surface area (Å²) in [5.41, 5.74) is 5.20. The number of carboxylic acids is 1. The van der Waals surface area contributed by atoms with Crippen molar-refractivity contribution in [1.82, 2.24) is 10.6 Å². The van der Waals surface area contributed by atoms with E-state index in [0.717, 1.165) is 25.7 Å². The second-order valence-corrected chi connectivity index (χ2v) is 10.2. The van der Waals surface area contributed by atoms with Crippen LogP contribution in [0.2, 0.25) is 0 Å². The largest absolute Gasteiger partial charge is 0.481 e. The van der Waals surface area contributed by atoms with E-state index in [1.54, 1.807) is 0 Å². The quantitative estimate of drug-likeness (QED) is 0.0516. The molecule has 0 aromatic carbocycles. The van der Waals surface area contributed by atoms with Gasteiger partial charge in [-0.3, -0.25) is 19.7 Å². The van der Waals surface area contributed by atoms with Crippen LogP contribution in [0, 0.1) is 0 Å². The van der Waals surface area contributed by atoms with Crippen molar-refractivity contribution >= 4 is 30.4 Å². The summed E-state index contributed by atoms with van der Waals surface area (Å²) in [4.78, 5) is 33.5. The Hall–Kier alpha value is -1.32. The zero-order valence-corrected chi connectivity index (χ0v) is 23.2. The van der Waals surface area contributed by atoms with E-state index in [1.807, 2.05) is 0 Å². The van der Waals surface area contributed by atoms with Gasteiger partial charge in [0.25, 0.3) is 0 Å². The molecule has 0 aliphatic rings. The number of primary amides is 1. The van der Waals surface area contributed by atoms with Gasteiger partial charge in [-0.05, 0) is 25.7 Å². The summed E-state index contributed by atoms with van der Waals surface area (Å²) in [5.74, 6) is -0.940. The SMILES string of the molecule is NC(=O)C(CS)NC(O)CCCNC(=O)CCCCCCCCCCCCCCCCCCC(=O)O. The molecular weight excluding hydrogens is 478 g/mol. The minimum atomic E-state index is -0.842. The van der Waals surface area contributed by atoms with Crippen molar-refractivity contribution in [3.8, 4) is 0 Å². The third-order valence-electron chi connectivity index (χ3n) is 6.44. The van der Waals surface area contributed by atoms with Gasteiger partial charge in [0, 0.05) is 25.1 Å². The van der Waals surface area contributed by atoms with Gasteiger partial charge in [0.15, 0.2) is 0 Å². The summed E-state index contributed by atoms with van der Waals surface area (Å²) in [7, 11) is 0. The number of carbonyl (C=O) groups is 3. The first-order valence-corrected chi connectivity index (χ1v) is 14.8. The van der Waals surface area contributed by atoms with Crippen molar-refractivity contribution in [3.63, 3.8) is 0 Å². The van der Waals surface area contributed by atoms with Gasteiger partial charge in [-0.25, -0.2) is 0 Å². The lowest BCUT2D eigenvalue weighted by Gasteiger charge is -2.18. The standard InChI is InChI=1S/C27H53N3O5S/c28-27(35)23(22-36)30-25(32)19-17-21-29-24(31)18-15-13-11-9-7-5-3-1-2-4-6-8-10-12-14-16-20-26(33)34/h23,25,30,32,36H,1-22H2,(H2,28,35)(H,29,31)(H,33,34). The zero-order chi connectivity index (χ0) is 26.9. The number of unbranched alkanes of at least 4 members (excludes halogenated alkanes) is 15. The number of hydrogen-bond acceptors (Lipinski definition) is 6. The van der Waals surface area contributed by atoms with Crippen molar-refractivity contribution in [2.45, 2.75) is 141 Å². The molecule has 8 nitrogen and oxygen atoms in total. The number of aliphatic hydroxyl groups excluding tert-OH is 1. The highest BCUT2D eigenvalue weighted by molar-refractivity contribution is 7.80. The molecule has 0 aliphatic heterocycles. The Bertz CT molecular complexity index is 566. The molecule has 0 bridgehead atoms. The minimum absolute atomic E-state index is 0.0565. The molecule has 0 aromatic rings. The molecule has 0 aromatic heterocycles. The molecule has 0 fully saturated rings. The number of amides is 2. The second-order valence-electron chi connectivity index (χ2n) is 9.86. The van der Waals surface area contributed by atoms with Gasteiger partial charge in [-0.2, -0.15) is 12.6 Å². The first kappa shape index (κ1) is 34.7. The Kier molecular flexibility index (Phi) is 24.4. The molecule has 0 rings (SSSR count). The van der Waals surface area contributed by atoms with Crippen molar-refractivity contribution in [1.29, 1.82) is 0 Å². The van der Waals surface area contributed by atoms with Crippen molar-refractivity contribution < 1.29 is 24.6 Å². The van der Waals surface area contributed by atoms with E-state index in [9.17, 15) is 19.5 Å². The fourth-order valence-electron chi connectivity index (χ4n) is 4.19. The Morgan fingerprint density at radius 3 is 1.50 bits per heavy atom. The molecule has 0 saturated carbocycles. The maximum Gasteiger partial charge on any atom is 0.303 e. The van der Waals surface area contributed by atoms with Crippen LogP contribution in [0.1, 0.15) is 128 Å². The number of nitrogens with one attached hydrogen (secondary N) is 2. The molecule has 0 saturated heterocycles. The van der Waals surface area contributed by atoms with Gasteiger partial charge in [0.1, 0.15) is 6.23 Å². The van der Waals surface area contributed by atoms with Gasteiger partial charge < -0.3 is 21.3 Å². The van der Waals surface area contributed by atoms with Crippen LogP contribution in [0.25, 0.3) is 0 Å². The predicted molar refractivity (Wildman–Crippen MR) is 149 cm³/mol. The monoisotopic (exact) mass is 531 g/mol. The molecule has 0 aliphatic carbocycles. The summed E-state index contributed by atoms with van der Waals surface area (Å²) in [6, 6.07) is -0.658. The van der Waals surface area contributed by atoms with Crippen LogP contribution in [-0.4, -0.2) is 52.6 Å². The number of thiol groups is 1. The van der Waals surface area contributed by atoms with E-state index in [-0.39, 0.29) is 11.7 Å². The van der Waals surface area contributed by atoms with Crippen LogP contribution in [0.4, 0.5) is 0 Å². The molecule has 6 N–H and O–H groups in total. The van der Waals surface area contributed by atoms with E-state index >= 15 is 0 Å². The molecule has 2 unspecified atom stereocenters. The lowest BCUT2D eigenvalue weighted by Crippen LogP contribution is -2.47. The van der Waals surface area contributed by atoms with Gasteiger partial charge in [-0.15, -0.1) is 0 Å². The summed E-state index contributed by atoms with van der Waals surface area (Å²) < 4.78 is 0. The minimum Gasteiger partial charge on any atom is -0.481 e. The van der Waals surface area contributed by atoms with Crippen LogP contribution in [0.3, 0.4) is 0 Å². The fourth-order valence-corrected chi connectivity index (χ4v) is 4.47. The van der Waals surface area contributed by atoms with Crippen molar-refractivity contribution in [3.05, 3.63) is 0 Å². The molecule has 2 amide bonds. The van der Waals surface area contributed by atoms with Crippen LogP contribution < -0.4 is 16.4 Å². The highest BCUT2D eigenvalue weighted by atomic mass is 32.1. The van der Waals surface area contributed by atoms with E-state index in [1.165, 1.54) is 77.0 Å². The number of hydrogen-bond donors (Lipinski definition) is 6. The number of aliphatic hydroxyl groups is 1. The number of carbonyl (C=O) groups excluding carboxylic acids is 2. The van der Waals surface area contributed by atoms with E-state index in [2.05, 4.69) is 23.3 Å². The number of carboxylic acid groups (broad SMARTS) is 1. The van der Waals surface area contributed by atoms with E-state index in [4.69, 9.17) is 10.8 Å². The molecule has 2 atom stereocenters. The molecule has 36 heavy (non-hydrogen) atoms. The summed E-state index contributed by atoms with van der Waals surface area (Å²) in [6.45, 7) is 0.508. The van der Waals surface area contributed by atoms with Gasteiger partial charge in [-0.1, -0.05) is 89.9 Å². The Balaban J connectivity index is 3.32. The van der Waals surface area contributed by atoms with Crippen LogP contribution in [0.15, 0.2) is 0 Å². The Morgan fingerprint density at radius 2 is 1.11 bits per heavy atom. The lowest BCUT2D eigenvalue weighted by atomic mass is 10.0. The molecule has 212 valence electrons. The Morgan fingerprint density at radius 1 is 0.694 bits per heavy atom. The van der Waals surface area contributed by atoms with Gasteiger partial charge in [0.05, 0.1) is 6.04 Å². The summed E-state index contributed by atoms with van der Waals surface area (Å²) in [5, 5.41) is 24.1. The molecule has 0 heterocycles. The summed E-state index contributed by atoms with van der Waals surface area (Å²) >= 11 is 4.02. The molecule has 0 spiro atoms. The second kappa shape index (κ2) is 25.3. The maximum atomic E-state index is 11.9. The topological polar surface area (TPSA) is 142 Å². The molecular formula is C27H53N3O5S. The molecule has 9 heteroatoms. The fraction of sp³-hybridized carbons (Fsp3) is 0.889. The number of rotatable bonds is 27. The number of nitrogens with two attached hydrogens (primary N) is 1. The lowest BCUT2D eigenvalue weighted by molar-refractivity contribution is -0.137. The van der Waals surface area contributed by atoms with Gasteiger partial charge >= 0.3 is 5.97 Å². The van der Waals surface area contributed by atoms with Crippen LogP contribution in [-0.2, 0) is 14.4 Å². The average molecular weight is 532 g/mol. The van der Waals surface area contributed by atoms with Crippen molar-refractivity contribution in [2.75, 3.05) is 12.3 Å². The third kappa shape index (κ3) is 24.4. The highest BCUT2D eigenvalue weighted by Crippen LogP contribution is 2.14. The molecule has 0 radical (unpaired) electrons. The Labute approximate surface area is 224 Å². The van der Waals surface area contributed by atoms with Gasteiger partial charge in [0.2, 0.25) is 11.8 Å². The van der Waals surface area contributed by atoms with E-state index in [0.29, 0.717) is 32.2 Å². The highest BCUT2D eigenvalue weighted by Gasteiger charge is 2.16. The maximum absolute atomic E-state index is 11.9. The first-order valence-electron chi connectivity index (χ1n) is 14.2.